The van der Waals surface area contributed by atoms with Gasteiger partial charge in [0.1, 0.15) is 5.76 Å². The summed E-state index contributed by atoms with van der Waals surface area (Å²) in [6.07, 6.45) is 7.35. The predicted octanol–water partition coefficient (Wildman–Crippen LogP) is 1.11. The van der Waals surface area contributed by atoms with Gasteiger partial charge < -0.3 is 9.84 Å². The fourth-order valence-corrected chi connectivity index (χ4v) is 1.17. The van der Waals surface area contributed by atoms with Crippen LogP contribution in [0.3, 0.4) is 0 Å². The summed E-state index contributed by atoms with van der Waals surface area (Å²) in [6, 6.07) is 0. The van der Waals surface area contributed by atoms with E-state index in [0.29, 0.717) is 0 Å². The maximum absolute atomic E-state index is 9.33. The Morgan fingerprint density at radius 3 is 3.10 bits per heavy atom. The first-order chi connectivity index (χ1) is 4.67. The lowest BCUT2D eigenvalue weighted by atomic mass is 10.2. The van der Waals surface area contributed by atoms with Crippen LogP contribution >= 0.6 is 0 Å². The molecular formula is C8H8O2. The molecule has 52 valence electrons. The molecule has 0 aromatic heterocycles. The fraction of sp³-hybridized carbons (Fsp3) is 0.250. The van der Waals surface area contributed by atoms with Crippen molar-refractivity contribution in [2.45, 2.75) is 12.7 Å². The first kappa shape index (κ1) is 5.74. The Balaban J connectivity index is 2.42. The predicted molar refractivity (Wildman–Crippen MR) is 37.0 cm³/mol. The van der Waals surface area contributed by atoms with Crippen LogP contribution in [-0.2, 0) is 4.74 Å². The van der Waals surface area contributed by atoms with Crippen molar-refractivity contribution in [3.05, 3.63) is 35.6 Å². The van der Waals surface area contributed by atoms with Gasteiger partial charge in [-0.1, -0.05) is 12.2 Å². The van der Waals surface area contributed by atoms with E-state index in [4.69, 9.17) is 4.74 Å². The zero-order valence-corrected chi connectivity index (χ0v) is 5.66. The SMILES string of the molecule is C[C@]1(O)C=C2C=CC=C2O1. The number of hydrogen-bond donors (Lipinski definition) is 1. The van der Waals surface area contributed by atoms with E-state index in [1.54, 1.807) is 13.0 Å². The van der Waals surface area contributed by atoms with Crippen molar-refractivity contribution in [3.63, 3.8) is 0 Å². The highest BCUT2D eigenvalue weighted by Gasteiger charge is 2.30. The number of rotatable bonds is 0. The third-order valence-electron chi connectivity index (χ3n) is 1.55. The molecule has 10 heavy (non-hydrogen) atoms. The maximum Gasteiger partial charge on any atom is 0.226 e. The van der Waals surface area contributed by atoms with Gasteiger partial charge in [0.05, 0.1) is 0 Å². The number of hydrogen-bond acceptors (Lipinski definition) is 2. The average Bonchev–Trinajstić information content (AvgIpc) is 2.20. The lowest BCUT2D eigenvalue weighted by molar-refractivity contribution is -0.108. The van der Waals surface area contributed by atoms with Crippen molar-refractivity contribution in [2.75, 3.05) is 0 Å². The topological polar surface area (TPSA) is 29.5 Å². The summed E-state index contributed by atoms with van der Waals surface area (Å²) in [6.45, 7) is 1.62. The van der Waals surface area contributed by atoms with Crippen LogP contribution in [0.1, 0.15) is 6.92 Å². The van der Waals surface area contributed by atoms with Crippen molar-refractivity contribution in [3.8, 4) is 0 Å². The van der Waals surface area contributed by atoms with Gasteiger partial charge in [-0.25, -0.2) is 0 Å². The molecule has 1 heterocycles. The number of aliphatic hydroxyl groups is 1. The van der Waals surface area contributed by atoms with E-state index < -0.39 is 5.79 Å². The Hall–Kier alpha value is -1.02. The molecule has 1 N–H and O–H groups in total. The molecule has 2 nitrogen and oxygen atoms in total. The van der Waals surface area contributed by atoms with E-state index in [0.717, 1.165) is 11.3 Å². The number of fused-ring (bicyclic) bond motifs is 1. The van der Waals surface area contributed by atoms with Crippen LogP contribution in [0.15, 0.2) is 35.6 Å². The minimum atomic E-state index is -1.09. The minimum absolute atomic E-state index is 0.769. The zero-order chi connectivity index (χ0) is 7.19. The lowest BCUT2D eigenvalue weighted by Crippen LogP contribution is -2.19. The smallest absolute Gasteiger partial charge is 0.226 e. The molecule has 0 unspecified atom stereocenters. The van der Waals surface area contributed by atoms with Gasteiger partial charge in [-0.3, -0.25) is 0 Å². The van der Waals surface area contributed by atoms with Crippen LogP contribution in [0.25, 0.3) is 0 Å². The second kappa shape index (κ2) is 1.52. The van der Waals surface area contributed by atoms with Crippen molar-refractivity contribution in [1.29, 1.82) is 0 Å². The van der Waals surface area contributed by atoms with Crippen LogP contribution in [0.4, 0.5) is 0 Å². The van der Waals surface area contributed by atoms with Crippen LogP contribution in [0.2, 0.25) is 0 Å². The number of allylic oxidation sites excluding steroid dienone is 3. The third kappa shape index (κ3) is 0.693. The lowest BCUT2D eigenvalue weighted by Gasteiger charge is -2.13. The fourth-order valence-electron chi connectivity index (χ4n) is 1.17. The second-order valence-electron chi connectivity index (χ2n) is 2.65. The molecule has 0 aromatic carbocycles. The molecule has 2 rings (SSSR count). The molecule has 1 aliphatic carbocycles. The molecule has 0 amide bonds. The summed E-state index contributed by atoms with van der Waals surface area (Å²) in [5, 5.41) is 9.33. The molecule has 0 bridgehead atoms. The van der Waals surface area contributed by atoms with Crippen molar-refractivity contribution in [2.24, 2.45) is 0 Å². The maximum atomic E-state index is 9.33. The van der Waals surface area contributed by atoms with Gasteiger partial charge >= 0.3 is 0 Å². The van der Waals surface area contributed by atoms with Gasteiger partial charge in [0, 0.05) is 12.5 Å². The van der Waals surface area contributed by atoms with Crippen molar-refractivity contribution < 1.29 is 9.84 Å². The summed E-state index contributed by atoms with van der Waals surface area (Å²) >= 11 is 0. The van der Waals surface area contributed by atoms with Gasteiger partial charge in [0.25, 0.3) is 0 Å². The molecule has 0 spiro atoms. The Kier molecular flexibility index (Phi) is 0.874. The molecule has 0 saturated carbocycles. The van der Waals surface area contributed by atoms with Gasteiger partial charge in [0.15, 0.2) is 0 Å². The van der Waals surface area contributed by atoms with Gasteiger partial charge in [-0.2, -0.15) is 0 Å². The number of ether oxygens (including phenoxy) is 1. The molecule has 2 aliphatic rings. The average molecular weight is 136 g/mol. The quantitative estimate of drug-likeness (QED) is 0.540. The third-order valence-corrected chi connectivity index (χ3v) is 1.55. The highest BCUT2D eigenvalue weighted by molar-refractivity contribution is 5.48. The highest BCUT2D eigenvalue weighted by Crippen LogP contribution is 2.32. The van der Waals surface area contributed by atoms with Gasteiger partial charge in [-0.15, -0.1) is 0 Å². The first-order valence-electron chi connectivity index (χ1n) is 3.20. The van der Waals surface area contributed by atoms with Gasteiger partial charge in [-0.05, 0) is 12.2 Å². The summed E-state index contributed by atoms with van der Waals surface area (Å²) in [4.78, 5) is 0. The molecule has 1 aliphatic heterocycles. The molecule has 0 radical (unpaired) electrons. The Morgan fingerprint density at radius 2 is 2.40 bits per heavy atom. The molecule has 1 atom stereocenters. The largest absolute Gasteiger partial charge is 0.459 e. The summed E-state index contributed by atoms with van der Waals surface area (Å²) < 4.78 is 5.13. The monoisotopic (exact) mass is 136 g/mol. The Bertz CT molecular complexity index is 256. The molecule has 0 fully saturated rings. The van der Waals surface area contributed by atoms with Crippen LogP contribution < -0.4 is 0 Å². The standard InChI is InChI=1S/C8H8O2/c1-8(9)5-6-3-2-4-7(6)10-8/h2-5,9H,1H3/t8-/m1/s1. The second-order valence-corrected chi connectivity index (χ2v) is 2.65. The van der Waals surface area contributed by atoms with Crippen molar-refractivity contribution in [1.82, 2.24) is 0 Å². The van der Waals surface area contributed by atoms with E-state index >= 15 is 0 Å². The molecule has 0 aromatic rings. The van der Waals surface area contributed by atoms with E-state index in [1.807, 2.05) is 18.2 Å². The summed E-state index contributed by atoms with van der Waals surface area (Å²) in [5.74, 6) is -0.323. The normalized spacial score (nSPS) is 35.0. The Morgan fingerprint density at radius 1 is 1.60 bits per heavy atom. The van der Waals surface area contributed by atoms with Crippen molar-refractivity contribution >= 4 is 0 Å². The highest BCUT2D eigenvalue weighted by atomic mass is 16.6. The van der Waals surface area contributed by atoms with E-state index in [1.165, 1.54) is 0 Å². The minimum Gasteiger partial charge on any atom is -0.459 e. The van der Waals surface area contributed by atoms with Crippen LogP contribution in [0.5, 0.6) is 0 Å². The zero-order valence-electron chi connectivity index (χ0n) is 5.66. The first-order valence-corrected chi connectivity index (χ1v) is 3.20. The molecular weight excluding hydrogens is 128 g/mol. The summed E-state index contributed by atoms with van der Waals surface area (Å²) in [7, 11) is 0. The van der Waals surface area contributed by atoms with Gasteiger partial charge in [0.2, 0.25) is 5.79 Å². The van der Waals surface area contributed by atoms with E-state index in [2.05, 4.69) is 0 Å². The van der Waals surface area contributed by atoms with E-state index in [9.17, 15) is 5.11 Å². The molecule has 0 saturated heterocycles. The van der Waals surface area contributed by atoms with E-state index in [-0.39, 0.29) is 0 Å². The van der Waals surface area contributed by atoms with Crippen LogP contribution in [-0.4, -0.2) is 10.9 Å². The Labute approximate surface area is 59.1 Å². The van der Waals surface area contributed by atoms with Crippen LogP contribution in [0, 0.1) is 0 Å². The summed E-state index contributed by atoms with van der Waals surface area (Å²) in [5.41, 5.74) is 0.977. The molecule has 2 heteroatoms.